The SMILES string of the molecule is CCN(C)C(=O)COCCOCCOC. The maximum atomic E-state index is 11.2. The second kappa shape index (κ2) is 9.89. The lowest BCUT2D eigenvalue weighted by molar-refractivity contribution is -0.135. The first-order valence-corrected chi connectivity index (χ1v) is 5.10. The van der Waals surface area contributed by atoms with Gasteiger partial charge < -0.3 is 19.1 Å². The third kappa shape index (κ3) is 8.35. The van der Waals surface area contributed by atoms with Crippen molar-refractivity contribution in [3.8, 4) is 0 Å². The van der Waals surface area contributed by atoms with Crippen molar-refractivity contribution in [3.63, 3.8) is 0 Å². The minimum atomic E-state index is -0.00519. The Bertz CT molecular complexity index is 164. The molecular formula is C10H21NO4. The number of likely N-dealkylation sites (N-methyl/N-ethyl adjacent to an activating group) is 1. The monoisotopic (exact) mass is 219 g/mol. The molecule has 0 rings (SSSR count). The molecule has 0 bridgehead atoms. The summed E-state index contributed by atoms with van der Waals surface area (Å²) in [5, 5.41) is 0. The van der Waals surface area contributed by atoms with Crippen LogP contribution in [0.1, 0.15) is 6.92 Å². The van der Waals surface area contributed by atoms with E-state index in [1.165, 1.54) is 0 Å². The van der Waals surface area contributed by atoms with Gasteiger partial charge in [0.15, 0.2) is 0 Å². The van der Waals surface area contributed by atoms with Crippen LogP contribution in [-0.2, 0) is 19.0 Å². The van der Waals surface area contributed by atoms with E-state index in [0.29, 0.717) is 33.0 Å². The highest BCUT2D eigenvalue weighted by Crippen LogP contribution is 1.86. The molecule has 0 aromatic heterocycles. The molecule has 0 unspecified atom stereocenters. The van der Waals surface area contributed by atoms with E-state index in [2.05, 4.69) is 0 Å². The van der Waals surface area contributed by atoms with E-state index in [1.807, 2.05) is 6.92 Å². The highest BCUT2D eigenvalue weighted by atomic mass is 16.5. The molecule has 5 heteroatoms. The Labute approximate surface area is 91.3 Å². The summed E-state index contributed by atoms with van der Waals surface area (Å²) in [4.78, 5) is 12.9. The van der Waals surface area contributed by atoms with Crippen LogP contribution in [0.4, 0.5) is 0 Å². The van der Waals surface area contributed by atoms with Crippen molar-refractivity contribution in [1.82, 2.24) is 4.90 Å². The smallest absolute Gasteiger partial charge is 0.248 e. The summed E-state index contributed by atoms with van der Waals surface area (Å²) in [6.45, 7) is 4.82. The molecule has 15 heavy (non-hydrogen) atoms. The molecule has 1 amide bonds. The van der Waals surface area contributed by atoms with Crippen molar-refractivity contribution in [2.75, 3.05) is 53.7 Å². The number of nitrogens with zero attached hydrogens (tertiary/aromatic N) is 1. The predicted molar refractivity (Wildman–Crippen MR) is 56.8 cm³/mol. The van der Waals surface area contributed by atoms with Gasteiger partial charge in [-0.25, -0.2) is 0 Å². The molecule has 0 saturated heterocycles. The number of hydrogen-bond donors (Lipinski definition) is 0. The first-order valence-electron chi connectivity index (χ1n) is 5.10. The topological polar surface area (TPSA) is 48.0 Å². The molecule has 90 valence electrons. The molecule has 5 nitrogen and oxygen atoms in total. The highest BCUT2D eigenvalue weighted by Gasteiger charge is 2.05. The van der Waals surface area contributed by atoms with Crippen LogP contribution in [0.5, 0.6) is 0 Å². The predicted octanol–water partition coefficient (Wildman–Crippen LogP) is 0.144. The summed E-state index contributed by atoms with van der Waals surface area (Å²) in [6.07, 6.45) is 0. The van der Waals surface area contributed by atoms with E-state index in [-0.39, 0.29) is 12.5 Å². The van der Waals surface area contributed by atoms with Gasteiger partial charge in [-0.3, -0.25) is 4.79 Å². The number of hydrogen-bond acceptors (Lipinski definition) is 4. The molecule has 0 saturated carbocycles. The van der Waals surface area contributed by atoms with Crippen molar-refractivity contribution in [2.45, 2.75) is 6.92 Å². The Morgan fingerprint density at radius 1 is 1.13 bits per heavy atom. The van der Waals surface area contributed by atoms with Crippen LogP contribution in [-0.4, -0.2) is 64.5 Å². The molecule has 0 atom stereocenters. The van der Waals surface area contributed by atoms with Gasteiger partial charge in [-0.1, -0.05) is 0 Å². The number of carbonyl (C=O) groups is 1. The molecule has 0 fully saturated rings. The van der Waals surface area contributed by atoms with Gasteiger partial charge in [-0.15, -0.1) is 0 Å². The summed E-state index contributed by atoms with van der Waals surface area (Å²) in [7, 11) is 3.37. The Morgan fingerprint density at radius 3 is 2.33 bits per heavy atom. The minimum absolute atomic E-state index is 0.00519. The summed E-state index contributed by atoms with van der Waals surface area (Å²) >= 11 is 0. The third-order valence-electron chi connectivity index (χ3n) is 1.93. The number of amides is 1. The molecule has 0 aliphatic heterocycles. The van der Waals surface area contributed by atoms with E-state index < -0.39 is 0 Å². The summed E-state index contributed by atoms with van der Waals surface area (Å²) < 4.78 is 15.1. The first kappa shape index (κ1) is 14.3. The molecule has 0 aliphatic carbocycles. The molecule has 0 radical (unpaired) electrons. The molecule has 0 aromatic carbocycles. The van der Waals surface area contributed by atoms with Gasteiger partial charge >= 0.3 is 0 Å². The molecule has 0 aliphatic rings. The van der Waals surface area contributed by atoms with Gasteiger partial charge in [0.2, 0.25) is 5.91 Å². The minimum Gasteiger partial charge on any atom is -0.382 e. The lowest BCUT2D eigenvalue weighted by Gasteiger charge is -2.14. The standard InChI is InChI=1S/C10H21NO4/c1-4-11(2)10(12)9-15-8-7-14-6-5-13-3/h4-9H2,1-3H3. The number of rotatable bonds is 9. The third-order valence-corrected chi connectivity index (χ3v) is 1.93. The average molecular weight is 219 g/mol. The van der Waals surface area contributed by atoms with Gasteiger partial charge in [0.05, 0.1) is 26.4 Å². The fraction of sp³-hybridized carbons (Fsp3) is 0.900. The summed E-state index contributed by atoms with van der Waals surface area (Å²) in [5.41, 5.74) is 0. The van der Waals surface area contributed by atoms with Crippen molar-refractivity contribution >= 4 is 5.91 Å². The Balaban J connectivity index is 3.20. The Hall–Kier alpha value is -0.650. The average Bonchev–Trinajstić information content (AvgIpc) is 2.26. The maximum absolute atomic E-state index is 11.2. The summed E-state index contributed by atoms with van der Waals surface area (Å²) in [6, 6.07) is 0. The number of methoxy groups -OCH3 is 1. The quantitative estimate of drug-likeness (QED) is 0.518. The van der Waals surface area contributed by atoms with E-state index in [0.717, 1.165) is 0 Å². The van der Waals surface area contributed by atoms with Crippen LogP contribution < -0.4 is 0 Å². The molecule has 0 heterocycles. The number of ether oxygens (including phenoxy) is 3. The largest absolute Gasteiger partial charge is 0.382 e. The molecular weight excluding hydrogens is 198 g/mol. The Morgan fingerprint density at radius 2 is 1.73 bits per heavy atom. The molecule has 0 N–H and O–H groups in total. The van der Waals surface area contributed by atoms with E-state index >= 15 is 0 Å². The zero-order chi connectivity index (χ0) is 11.5. The van der Waals surface area contributed by atoms with Crippen molar-refractivity contribution in [1.29, 1.82) is 0 Å². The van der Waals surface area contributed by atoms with Gasteiger partial charge in [0.25, 0.3) is 0 Å². The van der Waals surface area contributed by atoms with Gasteiger partial charge in [0.1, 0.15) is 6.61 Å². The van der Waals surface area contributed by atoms with Crippen LogP contribution >= 0.6 is 0 Å². The summed E-state index contributed by atoms with van der Waals surface area (Å²) in [5.74, 6) is -0.00519. The lowest BCUT2D eigenvalue weighted by Crippen LogP contribution is -2.30. The van der Waals surface area contributed by atoms with E-state index in [9.17, 15) is 4.79 Å². The zero-order valence-electron chi connectivity index (χ0n) is 9.82. The van der Waals surface area contributed by atoms with Gasteiger partial charge in [0, 0.05) is 20.7 Å². The molecule has 0 aromatic rings. The van der Waals surface area contributed by atoms with Crippen molar-refractivity contribution < 1.29 is 19.0 Å². The van der Waals surface area contributed by atoms with Crippen molar-refractivity contribution in [3.05, 3.63) is 0 Å². The van der Waals surface area contributed by atoms with Crippen LogP contribution in [0.2, 0.25) is 0 Å². The van der Waals surface area contributed by atoms with Gasteiger partial charge in [-0.05, 0) is 6.92 Å². The fourth-order valence-electron chi connectivity index (χ4n) is 0.808. The van der Waals surface area contributed by atoms with E-state index in [1.54, 1.807) is 19.1 Å². The molecule has 0 spiro atoms. The lowest BCUT2D eigenvalue weighted by atomic mass is 10.5. The Kier molecular flexibility index (Phi) is 9.46. The van der Waals surface area contributed by atoms with Crippen LogP contribution in [0, 0.1) is 0 Å². The first-order chi connectivity index (χ1) is 7.22. The normalized spacial score (nSPS) is 10.3. The second-order valence-corrected chi connectivity index (χ2v) is 3.07. The fourth-order valence-corrected chi connectivity index (χ4v) is 0.808. The van der Waals surface area contributed by atoms with Crippen LogP contribution in [0.25, 0.3) is 0 Å². The van der Waals surface area contributed by atoms with Gasteiger partial charge in [-0.2, -0.15) is 0 Å². The van der Waals surface area contributed by atoms with Crippen LogP contribution in [0.15, 0.2) is 0 Å². The van der Waals surface area contributed by atoms with Crippen LogP contribution in [0.3, 0.4) is 0 Å². The zero-order valence-corrected chi connectivity index (χ0v) is 9.82. The van der Waals surface area contributed by atoms with E-state index in [4.69, 9.17) is 14.2 Å². The maximum Gasteiger partial charge on any atom is 0.248 e. The number of carbonyl (C=O) groups excluding carboxylic acids is 1. The highest BCUT2D eigenvalue weighted by molar-refractivity contribution is 5.77. The second-order valence-electron chi connectivity index (χ2n) is 3.07. The van der Waals surface area contributed by atoms with Crippen molar-refractivity contribution in [2.24, 2.45) is 0 Å².